The second kappa shape index (κ2) is 5.34. The summed E-state index contributed by atoms with van der Waals surface area (Å²) in [6.07, 6.45) is 5.80. The lowest BCUT2D eigenvalue weighted by molar-refractivity contribution is 0.708. The smallest absolute Gasteiger partial charge is 0.227 e. The van der Waals surface area contributed by atoms with Crippen LogP contribution in [0.1, 0.15) is 44.4 Å². The second-order valence-corrected chi connectivity index (χ2v) is 4.57. The number of nitrogen functional groups attached to an aromatic ring is 1. The quantitative estimate of drug-likeness (QED) is 0.814. The van der Waals surface area contributed by atoms with E-state index in [1.165, 1.54) is 30.5 Å². The predicted octanol–water partition coefficient (Wildman–Crippen LogP) is 2.17. The SMILES string of the molecule is CCN(CC)c1nc(N)c2c(n1)CCCCC2. The maximum atomic E-state index is 6.08. The molecular formula is C13H22N4. The van der Waals surface area contributed by atoms with Gasteiger partial charge in [0.05, 0.1) is 5.69 Å². The Labute approximate surface area is 103 Å². The lowest BCUT2D eigenvalue weighted by atomic mass is 10.1. The highest BCUT2D eigenvalue weighted by molar-refractivity contribution is 5.48. The summed E-state index contributed by atoms with van der Waals surface area (Å²) in [6.45, 7) is 6.09. The van der Waals surface area contributed by atoms with Crippen molar-refractivity contribution in [3.8, 4) is 0 Å². The molecule has 0 saturated heterocycles. The normalized spacial score (nSPS) is 15.2. The largest absolute Gasteiger partial charge is 0.383 e. The molecule has 0 aliphatic heterocycles. The Morgan fingerprint density at radius 1 is 1.06 bits per heavy atom. The zero-order valence-corrected chi connectivity index (χ0v) is 10.9. The molecule has 2 rings (SSSR count). The Morgan fingerprint density at radius 2 is 1.76 bits per heavy atom. The Kier molecular flexibility index (Phi) is 3.82. The molecule has 0 fully saturated rings. The van der Waals surface area contributed by atoms with E-state index in [0.717, 1.165) is 31.9 Å². The molecule has 1 aliphatic carbocycles. The van der Waals surface area contributed by atoms with Gasteiger partial charge in [-0.1, -0.05) is 6.42 Å². The third-order valence-electron chi connectivity index (χ3n) is 3.50. The highest BCUT2D eigenvalue weighted by Crippen LogP contribution is 2.25. The number of rotatable bonds is 3. The van der Waals surface area contributed by atoms with Crippen molar-refractivity contribution in [2.24, 2.45) is 0 Å². The van der Waals surface area contributed by atoms with Gasteiger partial charge in [-0.25, -0.2) is 4.98 Å². The van der Waals surface area contributed by atoms with Crippen molar-refractivity contribution in [3.63, 3.8) is 0 Å². The fourth-order valence-electron chi connectivity index (χ4n) is 2.43. The molecule has 2 N–H and O–H groups in total. The number of nitrogens with two attached hydrogens (primary N) is 1. The lowest BCUT2D eigenvalue weighted by Gasteiger charge is -2.20. The van der Waals surface area contributed by atoms with E-state index >= 15 is 0 Å². The first kappa shape index (κ1) is 12.1. The number of anilines is 2. The number of nitrogens with zero attached hydrogens (tertiary/aromatic N) is 3. The summed E-state index contributed by atoms with van der Waals surface area (Å²) < 4.78 is 0. The molecule has 4 heteroatoms. The summed E-state index contributed by atoms with van der Waals surface area (Å²) in [7, 11) is 0. The lowest BCUT2D eigenvalue weighted by Crippen LogP contribution is -2.25. The first-order valence-corrected chi connectivity index (χ1v) is 6.66. The van der Waals surface area contributed by atoms with Crippen molar-refractivity contribution in [1.29, 1.82) is 0 Å². The highest BCUT2D eigenvalue weighted by Gasteiger charge is 2.16. The molecule has 17 heavy (non-hydrogen) atoms. The third kappa shape index (κ3) is 2.51. The van der Waals surface area contributed by atoms with E-state index in [9.17, 15) is 0 Å². The van der Waals surface area contributed by atoms with Crippen LogP contribution in [-0.4, -0.2) is 23.1 Å². The number of aromatic nitrogens is 2. The van der Waals surface area contributed by atoms with E-state index in [4.69, 9.17) is 10.7 Å². The molecule has 1 aromatic rings. The van der Waals surface area contributed by atoms with E-state index in [0.29, 0.717) is 5.82 Å². The molecule has 0 bridgehead atoms. The van der Waals surface area contributed by atoms with Gasteiger partial charge in [-0.2, -0.15) is 4.98 Å². The van der Waals surface area contributed by atoms with Crippen molar-refractivity contribution < 1.29 is 0 Å². The van der Waals surface area contributed by atoms with E-state index in [1.54, 1.807) is 0 Å². The van der Waals surface area contributed by atoms with Gasteiger partial charge in [0.1, 0.15) is 5.82 Å². The first-order chi connectivity index (χ1) is 8.26. The Morgan fingerprint density at radius 3 is 2.47 bits per heavy atom. The minimum atomic E-state index is 0.693. The van der Waals surface area contributed by atoms with Gasteiger partial charge in [0.25, 0.3) is 0 Å². The van der Waals surface area contributed by atoms with Crippen LogP contribution in [0.3, 0.4) is 0 Å². The molecule has 1 aromatic heterocycles. The fourth-order valence-corrected chi connectivity index (χ4v) is 2.43. The maximum absolute atomic E-state index is 6.08. The maximum Gasteiger partial charge on any atom is 0.227 e. The van der Waals surface area contributed by atoms with Crippen LogP contribution in [0.15, 0.2) is 0 Å². The molecule has 4 nitrogen and oxygen atoms in total. The van der Waals surface area contributed by atoms with Gasteiger partial charge in [0.2, 0.25) is 5.95 Å². The van der Waals surface area contributed by atoms with E-state index in [1.807, 2.05) is 0 Å². The average Bonchev–Trinajstić information content (AvgIpc) is 2.56. The minimum absolute atomic E-state index is 0.693. The number of hydrogen-bond donors (Lipinski definition) is 1. The van der Waals surface area contributed by atoms with Gasteiger partial charge in [0.15, 0.2) is 0 Å². The van der Waals surface area contributed by atoms with Crippen LogP contribution in [0.4, 0.5) is 11.8 Å². The standard InChI is InChI=1S/C13H22N4/c1-3-17(4-2)13-15-11-9-7-5-6-8-10(11)12(14)16-13/h3-9H2,1-2H3,(H2,14,15,16). The van der Waals surface area contributed by atoms with Crippen LogP contribution in [-0.2, 0) is 12.8 Å². The summed E-state index contributed by atoms with van der Waals surface area (Å²) in [5.41, 5.74) is 8.45. The predicted molar refractivity (Wildman–Crippen MR) is 71.3 cm³/mol. The summed E-state index contributed by atoms with van der Waals surface area (Å²) in [6, 6.07) is 0. The fraction of sp³-hybridized carbons (Fsp3) is 0.692. The monoisotopic (exact) mass is 234 g/mol. The Bertz CT molecular complexity index is 385. The van der Waals surface area contributed by atoms with Crippen molar-refractivity contribution in [3.05, 3.63) is 11.3 Å². The molecule has 0 aromatic carbocycles. The molecule has 0 atom stereocenters. The van der Waals surface area contributed by atoms with Crippen LogP contribution >= 0.6 is 0 Å². The molecule has 0 amide bonds. The molecular weight excluding hydrogens is 212 g/mol. The van der Waals surface area contributed by atoms with Gasteiger partial charge < -0.3 is 10.6 Å². The molecule has 0 unspecified atom stereocenters. The highest BCUT2D eigenvalue weighted by atomic mass is 15.3. The number of hydrogen-bond acceptors (Lipinski definition) is 4. The third-order valence-corrected chi connectivity index (χ3v) is 3.50. The number of fused-ring (bicyclic) bond motifs is 1. The zero-order chi connectivity index (χ0) is 12.3. The molecule has 1 heterocycles. The van der Waals surface area contributed by atoms with Crippen LogP contribution in [0.5, 0.6) is 0 Å². The molecule has 1 aliphatic rings. The molecule has 0 radical (unpaired) electrons. The Balaban J connectivity index is 2.38. The van der Waals surface area contributed by atoms with Gasteiger partial charge in [0, 0.05) is 18.7 Å². The van der Waals surface area contributed by atoms with Crippen LogP contribution < -0.4 is 10.6 Å². The van der Waals surface area contributed by atoms with Crippen LogP contribution in [0.25, 0.3) is 0 Å². The van der Waals surface area contributed by atoms with Gasteiger partial charge in [-0.15, -0.1) is 0 Å². The second-order valence-electron chi connectivity index (χ2n) is 4.57. The minimum Gasteiger partial charge on any atom is -0.383 e. The van der Waals surface area contributed by atoms with Crippen molar-refractivity contribution in [1.82, 2.24) is 9.97 Å². The molecule has 0 spiro atoms. The van der Waals surface area contributed by atoms with Crippen LogP contribution in [0.2, 0.25) is 0 Å². The van der Waals surface area contributed by atoms with E-state index in [-0.39, 0.29) is 0 Å². The van der Waals surface area contributed by atoms with Crippen molar-refractivity contribution >= 4 is 11.8 Å². The van der Waals surface area contributed by atoms with E-state index in [2.05, 4.69) is 23.7 Å². The summed E-state index contributed by atoms with van der Waals surface area (Å²) >= 11 is 0. The number of aryl methyl sites for hydroxylation is 1. The average molecular weight is 234 g/mol. The summed E-state index contributed by atoms with van der Waals surface area (Å²) in [5, 5.41) is 0. The molecule has 0 saturated carbocycles. The van der Waals surface area contributed by atoms with Gasteiger partial charge in [-0.3, -0.25) is 0 Å². The van der Waals surface area contributed by atoms with Crippen molar-refractivity contribution in [2.45, 2.75) is 46.0 Å². The van der Waals surface area contributed by atoms with E-state index < -0.39 is 0 Å². The van der Waals surface area contributed by atoms with Gasteiger partial charge >= 0.3 is 0 Å². The van der Waals surface area contributed by atoms with Crippen LogP contribution in [0, 0.1) is 0 Å². The zero-order valence-electron chi connectivity index (χ0n) is 10.9. The van der Waals surface area contributed by atoms with Crippen molar-refractivity contribution in [2.75, 3.05) is 23.7 Å². The van der Waals surface area contributed by atoms with Gasteiger partial charge in [-0.05, 0) is 39.5 Å². The topological polar surface area (TPSA) is 55.0 Å². The molecule has 94 valence electrons. The Hall–Kier alpha value is -1.32. The summed E-state index contributed by atoms with van der Waals surface area (Å²) in [5.74, 6) is 1.49. The first-order valence-electron chi connectivity index (χ1n) is 6.66. The summed E-state index contributed by atoms with van der Waals surface area (Å²) in [4.78, 5) is 11.3.